The van der Waals surface area contributed by atoms with Crippen molar-refractivity contribution in [3.63, 3.8) is 0 Å². The van der Waals surface area contributed by atoms with Crippen LogP contribution in [-0.4, -0.2) is 33.3 Å². The lowest BCUT2D eigenvalue weighted by Gasteiger charge is -2.34. The van der Waals surface area contributed by atoms with Crippen LogP contribution in [0.5, 0.6) is 0 Å². The molecule has 1 heterocycles. The number of anilines is 1. The molecule has 0 radical (unpaired) electrons. The second kappa shape index (κ2) is 13.6. The van der Waals surface area contributed by atoms with Crippen molar-refractivity contribution < 1.29 is 9.53 Å². The summed E-state index contributed by atoms with van der Waals surface area (Å²) in [5.74, 6) is 0.177. The largest absolute Gasteiger partial charge is 0.465 e. The third-order valence-corrected chi connectivity index (χ3v) is 8.50. The summed E-state index contributed by atoms with van der Waals surface area (Å²) in [6, 6.07) is 54.8. The van der Waals surface area contributed by atoms with Crippen molar-refractivity contribution in [1.29, 1.82) is 0 Å². The Kier molecular flexibility index (Phi) is 8.57. The zero-order valence-corrected chi connectivity index (χ0v) is 26.4. The molecule has 0 atom stereocenters. The molecule has 0 amide bonds. The summed E-state index contributed by atoms with van der Waals surface area (Å²) in [4.78, 5) is 13.7. The van der Waals surface area contributed by atoms with Crippen molar-refractivity contribution in [2.45, 2.75) is 12.1 Å². The Morgan fingerprint density at radius 2 is 1.23 bits per heavy atom. The van der Waals surface area contributed by atoms with Crippen molar-refractivity contribution in [3.05, 3.63) is 192 Å². The van der Waals surface area contributed by atoms with Crippen molar-refractivity contribution in [1.82, 2.24) is 20.2 Å². The molecular weight excluding hydrogens is 594 g/mol. The normalized spacial score (nSPS) is 11.2. The van der Waals surface area contributed by atoms with E-state index in [4.69, 9.17) is 15.0 Å². The maximum absolute atomic E-state index is 11.9. The van der Waals surface area contributed by atoms with Crippen LogP contribution in [0.2, 0.25) is 0 Å². The molecule has 0 saturated heterocycles. The topological polar surface area (TPSA) is 81.9 Å². The number of benzene rings is 6. The van der Waals surface area contributed by atoms with Gasteiger partial charge in [-0.05, 0) is 56.8 Å². The van der Waals surface area contributed by atoms with Crippen LogP contribution in [0.3, 0.4) is 0 Å². The average Bonchev–Trinajstić information content (AvgIpc) is 3.66. The van der Waals surface area contributed by atoms with Gasteiger partial charge in [0.25, 0.3) is 0 Å². The van der Waals surface area contributed by atoms with Crippen LogP contribution in [0.25, 0.3) is 22.5 Å². The fourth-order valence-electron chi connectivity index (χ4n) is 6.16. The number of tetrazole rings is 1. The molecule has 48 heavy (non-hydrogen) atoms. The molecule has 1 aromatic heterocycles. The molecule has 7 heteroatoms. The van der Waals surface area contributed by atoms with Crippen LogP contribution < -0.4 is 5.32 Å². The van der Waals surface area contributed by atoms with Crippen LogP contribution in [0.4, 0.5) is 5.69 Å². The molecule has 0 aliphatic rings. The highest BCUT2D eigenvalue weighted by atomic mass is 16.5. The number of nitrogens with one attached hydrogen (secondary N) is 1. The SMILES string of the molecule is COC(=O)c1cccc(NCc2ccc(-c3ccccc3-c3nnn(C(c4ccccc4)(c4ccccc4)c4ccccc4)n3)cc2)c1. The first kappa shape index (κ1) is 30.3. The predicted molar refractivity (Wildman–Crippen MR) is 188 cm³/mol. The number of hydrogen-bond acceptors (Lipinski definition) is 6. The van der Waals surface area contributed by atoms with Crippen LogP contribution in [0.1, 0.15) is 32.6 Å². The molecule has 0 aliphatic heterocycles. The average molecular weight is 628 g/mol. The van der Waals surface area contributed by atoms with Gasteiger partial charge in [0, 0.05) is 17.8 Å². The first-order valence-electron chi connectivity index (χ1n) is 15.7. The number of aromatic nitrogens is 4. The number of carbonyl (C=O) groups excluding carboxylic acids is 1. The Morgan fingerprint density at radius 3 is 1.81 bits per heavy atom. The third kappa shape index (κ3) is 5.85. The second-order valence-electron chi connectivity index (χ2n) is 11.4. The van der Waals surface area contributed by atoms with E-state index in [1.165, 1.54) is 7.11 Å². The van der Waals surface area contributed by atoms with E-state index in [1.54, 1.807) is 16.9 Å². The third-order valence-electron chi connectivity index (χ3n) is 8.50. The summed E-state index contributed by atoms with van der Waals surface area (Å²) in [6.07, 6.45) is 0. The standard InChI is InChI=1S/C41H33N5O2/c1-48-40(47)32-14-13-21-36(28-32)42-29-30-24-26-31(27-25-30)37-22-11-12-23-38(37)39-43-45-46(44-39)41(33-15-5-2-6-16-33,34-17-7-3-8-18-34)35-19-9-4-10-20-35/h2-28,42H,29H2,1H3. The van der Waals surface area contributed by atoms with Gasteiger partial charge in [0.2, 0.25) is 5.82 Å². The summed E-state index contributed by atoms with van der Waals surface area (Å²) >= 11 is 0. The number of ether oxygens (including phenoxy) is 1. The van der Waals surface area contributed by atoms with E-state index < -0.39 is 5.54 Å². The fraction of sp³-hybridized carbons (Fsp3) is 0.0732. The highest BCUT2D eigenvalue weighted by Crippen LogP contribution is 2.40. The highest BCUT2D eigenvalue weighted by molar-refractivity contribution is 5.90. The molecule has 0 bridgehead atoms. The molecule has 0 saturated carbocycles. The Hall–Kier alpha value is -6.34. The number of carbonyl (C=O) groups is 1. The number of methoxy groups -OCH3 is 1. The van der Waals surface area contributed by atoms with Crippen molar-refractivity contribution in [2.24, 2.45) is 0 Å². The van der Waals surface area contributed by atoms with E-state index in [-0.39, 0.29) is 5.97 Å². The predicted octanol–water partition coefficient (Wildman–Crippen LogP) is 8.25. The van der Waals surface area contributed by atoms with E-state index in [0.717, 1.165) is 44.6 Å². The van der Waals surface area contributed by atoms with E-state index in [1.807, 2.05) is 84.9 Å². The van der Waals surface area contributed by atoms with Gasteiger partial charge in [-0.3, -0.25) is 0 Å². The first-order chi connectivity index (χ1) is 23.7. The molecule has 7 nitrogen and oxygen atoms in total. The minimum absolute atomic E-state index is 0.359. The summed E-state index contributed by atoms with van der Waals surface area (Å²) in [7, 11) is 1.38. The van der Waals surface area contributed by atoms with E-state index in [0.29, 0.717) is 17.9 Å². The van der Waals surface area contributed by atoms with Gasteiger partial charge in [-0.15, -0.1) is 15.0 Å². The lowest BCUT2D eigenvalue weighted by molar-refractivity contribution is 0.0600. The van der Waals surface area contributed by atoms with Gasteiger partial charge < -0.3 is 10.1 Å². The Balaban J connectivity index is 1.23. The zero-order valence-electron chi connectivity index (χ0n) is 26.4. The molecule has 7 rings (SSSR count). The number of esters is 1. The number of nitrogens with zero attached hydrogens (tertiary/aromatic N) is 4. The van der Waals surface area contributed by atoms with Gasteiger partial charge in [0.1, 0.15) is 0 Å². The van der Waals surface area contributed by atoms with Crippen molar-refractivity contribution >= 4 is 11.7 Å². The minimum atomic E-state index is -0.852. The van der Waals surface area contributed by atoms with Crippen LogP contribution >= 0.6 is 0 Å². The Labute approximate surface area is 279 Å². The minimum Gasteiger partial charge on any atom is -0.465 e. The van der Waals surface area contributed by atoms with Gasteiger partial charge >= 0.3 is 5.97 Å². The number of hydrogen-bond donors (Lipinski definition) is 1. The highest BCUT2D eigenvalue weighted by Gasteiger charge is 2.41. The first-order valence-corrected chi connectivity index (χ1v) is 15.7. The second-order valence-corrected chi connectivity index (χ2v) is 11.4. The molecule has 6 aromatic carbocycles. The van der Waals surface area contributed by atoms with Gasteiger partial charge in [-0.1, -0.05) is 146 Å². The van der Waals surface area contributed by atoms with Crippen molar-refractivity contribution in [2.75, 3.05) is 12.4 Å². The number of rotatable bonds is 10. The molecular formula is C41H33N5O2. The Morgan fingerprint density at radius 1 is 0.667 bits per heavy atom. The molecule has 0 spiro atoms. The summed E-state index contributed by atoms with van der Waals surface area (Å²) in [5, 5.41) is 17.9. The van der Waals surface area contributed by atoms with Gasteiger partial charge in [-0.25, -0.2) is 4.79 Å². The fourth-order valence-corrected chi connectivity index (χ4v) is 6.16. The maximum Gasteiger partial charge on any atom is 0.337 e. The van der Waals surface area contributed by atoms with E-state index >= 15 is 0 Å². The molecule has 7 aromatic rings. The molecule has 0 unspecified atom stereocenters. The van der Waals surface area contributed by atoms with Gasteiger partial charge in [0.15, 0.2) is 5.54 Å². The lowest BCUT2D eigenvalue weighted by Crippen LogP contribution is -2.39. The quantitative estimate of drug-likeness (QED) is 0.122. The van der Waals surface area contributed by atoms with Gasteiger partial charge in [0.05, 0.1) is 12.7 Å². The van der Waals surface area contributed by atoms with E-state index in [9.17, 15) is 4.79 Å². The van der Waals surface area contributed by atoms with Crippen LogP contribution in [0, 0.1) is 0 Å². The van der Waals surface area contributed by atoms with Crippen LogP contribution in [0.15, 0.2) is 164 Å². The maximum atomic E-state index is 11.9. The summed E-state index contributed by atoms with van der Waals surface area (Å²) in [6.45, 7) is 0.600. The molecule has 0 aliphatic carbocycles. The van der Waals surface area contributed by atoms with Gasteiger partial charge in [-0.2, -0.15) is 0 Å². The van der Waals surface area contributed by atoms with Crippen molar-refractivity contribution in [3.8, 4) is 22.5 Å². The monoisotopic (exact) mass is 627 g/mol. The molecule has 1 N–H and O–H groups in total. The molecule has 234 valence electrons. The molecule has 0 fully saturated rings. The summed E-state index contributed by atoms with van der Waals surface area (Å²) < 4.78 is 4.85. The summed E-state index contributed by atoms with van der Waals surface area (Å²) in [5.41, 5.74) is 7.62. The lowest BCUT2D eigenvalue weighted by atomic mass is 9.77. The van der Waals surface area contributed by atoms with E-state index in [2.05, 4.69) is 77.1 Å². The zero-order chi connectivity index (χ0) is 32.8. The Bertz CT molecular complexity index is 2030. The smallest absolute Gasteiger partial charge is 0.337 e. The van der Waals surface area contributed by atoms with Crippen LogP contribution in [-0.2, 0) is 16.8 Å².